The first-order valence-corrected chi connectivity index (χ1v) is 4.82. The summed E-state index contributed by atoms with van der Waals surface area (Å²) in [6.45, 7) is 4.06. The van der Waals surface area contributed by atoms with Crippen LogP contribution in [0.2, 0.25) is 0 Å². The number of oxime groups is 1. The summed E-state index contributed by atoms with van der Waals surface area (Å²) in [5.74, 6) is -0.263. The number of hydrogen-bond donors (Lipinski definition) is 0. The number of rotatable bonds is 1. The Balaban J connectivity index is 2.36. The van der Waals surface area contributed by atoms with Gasteiger partial charge >= 0.3 is 5.97 Å². The van der Waals surface area contributed by atoms with Crippen LogP contribution in [0.4, 0.5) is 0 Å². The van der Waals surface area contributed by atoms with Gasteiger partial charge in [0.25, 0.3) is 0 Å². The molecule has 0 N–H and O–H groups in total. The molecule has 0 saturated carbocycles. The fraction of sp³-hybridized carbons (Fsp3) is 0.333. The van der Waals surface area contributed by atoms with E-state index in [1.54, 1.807) is 11.3 Å². The molecular formula is C9H9NO2S. The quantitative estimate of drug-likeness (QED) is 0.643. The van der Waals surface area contributed by atoms with Gasteiger partial charge in [0.15, 0.2) is 0 Å². The van der Waals surface area contributed by atoms with E-state index < -0.39 is 0 Å². The summed E-state index contributed by atoms with van der Waals surface area (Å²) >= 11 is 1.65. The van der Waals surface area contributed by atoms with Gasteiger partial charge in [0.1, 0.15) is 5.71 Å². The van der Waals surface area contributed by atoms with Crippen molar-refractivity contribution in [3.05, 3.63) is 21.4 Å². The van der Waals surface area contributed by atoms with Crippen LogP contribution in [0.5, 0.6) is 0 Å². The summed E-state index contributed by atoms with van der Waals surface area (Å²) in [7, 11) is 0. The Bertz CT molecular complexity index is 392. The van der Waals surface area contributed by atoms with Gasteiger partial charge in [-0.15, -0.1) is 11.3 Å². The molecule has 1 aliphatic rings. The third-order valence-electron chi connectivity index (χ3n) is 1.87. The molecule has 0 fully saturated rings. The zero-order chi connectivity index (χ0) is 9.42. The van der Waals surface area contributed by atoms with Crippen molar-refractivity contribution < 1.29 is 9.63 Å². The minimum Gasteiger partial charge on any atom is -0.318 e. The van der Waals surface area contributed by atoms with Crippen LogP contribution in [0.25, 0.3) is 0 Å². The molecule has 4 heteroatoms. The van der Waals surface area contributed by atoms with Gasteiger partial charge in [-0.1, -0.05) is 5.16 Å². The zero-order valence-corrected chi connectivity index (χ0v) is 8.27. The van der Waals surface area contributed by atoms with Crippen molar-refractivity contribution in [1.29, 1.82) is 0 Å². The number of carbonyl (C=O) groups is 1. The molecule has 0 saturated heterocycles. The largest absolute Gasteiger partial charge is 0.341 e. The Morgan fingerprint density at radius 3 is 2.77 bits per heavy atom. The van der Waals surface area contributed by atoms with Gasteiger partial charge in [-0.25, -0.2) is 4.79 Å². The van der Waals surface area contributed by atoms with E-state index >= 15 is 0 Å². The normalized spacial score (nSPS) is 15.8. The van der Waals surface area contributed by atoms with Crippen LogP contribution in [0.15, 0.2) is 11.2 Å². The topological polar surface area (TPSA) is 38.7 Å². The number of hydrogen-bond acceptors (Lipinski definition) is 4. The van der Waals surface area contributed by atoms with Gasteiger partial charge in [0, 0.05) is 4.88 Å². The number of aryl methyl sites for hydroxylation is 2. The van der Waals surface area contributed by atoms with E-state index in [1.165, 1.54) is 10.4 Å². The third kappa shape index (κ3) is 1.49. The van der Waals surface area contributed by atoms with Gasteiger partial charge in [0.2, 0.25) is 0 Å². The molecule has 0 atom stereocenters. The number of nitrogens with zero attached hydrogens (tertiary/aromatic N) is 1. The molecule has 0 radical (unpaired) electrons. The summed E-state index contributed by atoms with van der Waals surface area (Å²) in [6.07, 6.45) is 0.306. The highest BCUT2D eigenvalue weighted by atomic mass is 32.1. The lowest BCUT2D eigenvalue weighted by atomic mass is 10.1. The van der Waals surface area contributed by atoms with E-state index in [4.69, 9.17) is 0 Å². The highest BCUT2D eigenvalue weighted by Crippen LogP contribution is 2.24. The smallest absolute Gasteiger partial charge is 0.318 e. The molecule has 0 bridgehead atoms. The second kappa shape index (κ2) is 2.96. The molecule has 2 heterocycles. The molecule has 68 valence electrons. The van der Waals surface area contributed by atoms with Crippen molar-refractivity contribution in [1.82, 2.24) is 0 Å². The molecule has 0 amide bonds. The highest BCUT2D eigenvalue weighted by Gasteiger charge is 2.21. The van der Waals surface area contributed by atoms with E-state index in [-0.39, 0.29) is 5.97 Å². The Morgan fingerprint density at radius 1 is 1.54 bits per heavy atom. The standard InChI is InChI=1S/C9H9NO2S/c1-5-3-6(2)13-9(5)7-4-8(11)12-10-7/h3H,4H2,1-2H3. The van der Waals surface area contributed by atoms with Crippen LogP contribution >= 0.6 is 11.3 Å². The molecule has 0 spiro atoms. The lowest BCUT2D eigenvalue weighted by molar-refractivity contribution is -0.140. The molecule has 3 nitrogen and oxygen atoms in total. The first-order chi connectivity index (χ1) is 6.16. The first-order valence-electron chi connectivity index (χ1n) is 4.01. The molecule has 1 aromatic heterocycles. The molecule has 0 unspecified atom stereocenters. The predicted molar refractivity (Wildman–Crippen MR) is 51.0 cm³/mol. The SMILES string of the molecule is Cc1cc(C)c(C2=NOC(=O)C2)s1. The summed E-state index contributed by atoms with van der Waals surface area (Å²) in [4.78, 5) is 17.7. The second-order valence-corrected chi connectivity index (χ2v) is 4.30. The predicted octanol–water partition coefficient (Wildman–Crippen LogP) is 2.02. The second-order valence-electron chi connectivity index (χ2n) is 3.05. The van der Waals surface area contributed by atoms with E-state index in [9.17, 15) is 4.79 Å². The van der Waals surface area contributed by atoms with Gasteiger partial charge in [0.05, 0.1) is 11.3 Å². The molecule has 0 aliphatic carbocycles. The Hall–Kier alpha value is -1.16. The molecule has 0 aromatic carbocycles. The molecule has 1 aromatic rings. The van der Waals surface area contributed by atoms with Crippen molar-refractivity contribution in [2.45, 2.75) is 20.3 Å². The number of thiophene rings is 1. The maximum absolute atomic E-state index is 10.8. The molecule has 13 heavy (non-hydrogen) atoms. The van der Waals surface area contributed by atoms with Crippen molar-refractivity contribution in [2.24, 2.45) is 5.16 Å². The average Bonchev–Trinajstić information content (AvgIpc) is 2.58. The molecule has 2 rings (SSSR count). The van der Waals surface area contributed by atoms with E-state index in [0.717, 1.165) is 10.6 Å². The maximum atomic E-state index is 10.8. The Kier molecular flexibility index (Phi) is 1.92. The van der Waals surface area contributed by atoms with Gasteiger partial charge < -0.3 is 4.84 Å². The van der Waals surface area contributed by atoms with Crippen LogP contribution in [-0.4, -0.2) is 11.7 Å². The summed E-state index contributed by atoms with van der Waals surface area (Å²) in [5.41, 5.74) is 1.93. The van der Waals surface area contributed by atoms with Crippen LogP contribution in [0.3, 0.4) is 0 Å². The minimum absolute atomic E-state index is 0.263. The lowest BCUT2D eigenvalue weighted by Gasteiger charge is -1.92. The van der Waals surface area contributed by atoms with E-state index in [1.807, 2.05) is 13.8 Å². The summed E-state index contributed by atoms with van der Waals surface area (Å²) in [5, 5.41) is 3.74. The van der Waals surface area contributed by atoms with Gasteiger partial charge in [-0.2, -0.15) is 0 Å². The lowest BCUT2D eigenvalue weighted by Crippen LogP contribution is -1.99. The van der Waals surface area contributed by atoms with Crippen molar-refractivity contribution in [3.63, 3.8) is 0 Å². The zero-order valence-electron chi connectivity index (χ0n) is 7.46. The van der Waals surface area contributed by atoms with Crippen molar-refractivity contribution in [3.8, 4) is 0 Å². The highest BCUT2D eigenvalue weighted by molar-refractivity contribution is 7.14. The minimum atomic E-state index is -0.263. The third-order valence-corrected chi connectivity index (χ3v) is 3.07. The summed E-state index contributed by atoms with van der Waals surface area (Å²) in [6, 6.07) is 2.09. The monoisotopic (exact) mass is 195 g/mol. The van der Waals surface area contributed by atoms with E-state index in [0.29, 0.717) is 6.42 Å². The maximum Gasteiger partial charge on any atom is 0.341 e. The van der Waals surface area contributed by atoms with Crippen molar-refractivity contribution in [2.75, 3.05) is 0 Å². The average molecular weight is 195 g/mol. The number of carbonyl (C=O) groups excluding carboxylic acids is 1. The van der Waals surface area contributed by atoms with Crippen LogP contribution in [0, 0.1) is 13.8 Å². The van der Waals surface area contributed by atoms with Gasteiger partial charge in [-0.3, -0.25) is 0 Å². The fourth-order valence-corrected chi connectivity index (χ4v) is 2.36. The Labute approximate surface area is 80.0 Å². The van der Waals surface area contributed by atoms with Crippen molar-refractivity contribution >= 4 is 23.0 Å². The summed E-state index contributed by atoms with van der Waals surface area (Å²) < 4.78 is 0. The van der Waals surface area contributed by atoms with E-state index in [2.05, 4.69) is 16.1 Å². The first kappa shape index (κ1) is 8.44. The molecule has 1 aliphatic heterocycles. The van der Waals surface area contributed by atoms with Crippen LogP contribution in [0.1, 0.15) is 21.7 Å². The van der Waals surface area contributed by atoms with Crippen LogP contribution in [-0.2, 0) is 9.63 Å². The van der Waals surface area contributed by atoms with Gasteiger partial charge in [-0.05, 0) is 25.5 Å². The fourth-order valence-electron chi connectivity index (χ4n) is 1.36. The van der Waals surface area contributed by atoms with Crippen LogP contribution < -0.4 is 0 Å². The molecular weight excluding hydrogens is 186 g/mol. The Morgan fingerprint density at radius 2 is 2.31 bits per heavy atom.